The van der Waals surface area contributed by atoms with Crippen LogP contribution in [0.25, 0.3) is 0 Å². The average molecular weight is 264 g/mol. The Kier molecular flexibility index (Phi) is 2.88. The van der Waals surface area contributed by atoms with Crippen LogP contribution in [0, 0.1) is 17.8 Å². The smallest absolute Gasteiger partial charge is 0.246 e. The van der Waals surface area contributed by atoms with Gasteiger partial charge in [0.1, 0.15) is 11.6 Å². The zero-order valence-electron chi connectivity index (χ0n) is 12.1. The van der Waals surface area contributed by atoms with Crippen molar-refractivity contribution in [1.82, 2.24) is 10.2 Å². The molecule has 1 aliphatic heterocycles. The lowest BCUT2D eigenvalue weighted by Crippen LogP contribution is -2.71. The van der Waals surface area contributed by atoms with Crippen LogP contribution < -0.4 is 5.32 Å². The molecule has 4 heteroatoms. The van der Waals surface area contributed by atoms with Crippen LogP contribution in [0.5, 0.6) is 0 Å². The second kappa shape index (κ2) is 4.22. The minimum absolute atomic E-state index is 0.0638. The van der Waals surface area contributed by atoms with Crippen molar-refractivity contribution in [1.29, 1.82) is 0 Å². The van der Waals surface area contributed by atoms with E-state index in [-0.39, 0.29) is 23.8 Å². The van der Waals surface area contributed by atoms with Gasteiger partial charge in [0, 0.05) is 6.54 Å². The van der Waals surface area contributed by atoms with Gasteiger partial charge in [-0.15, -0.1) is 0 Å². The average Bonchev–Trinajstić information content (AvgIpc) is 3.21. The third-order valence-electron chi connectivity index (χ3n) is 5.02. The number of hydrogen-bond acceptors (Lipinski definition) is 2. The van der Waals surface area contributed by atoms with E-state index >= 15 is 0 Å². The Morgan fingerprint density at radius 1 is 1.26 bits per heavy atom. The topological polar surface area (TPSA) is 49.4 Å². The van der Waals surface area contributed by atoms with Crippen molar-refractivity contribution < 1.29 is 9.59 Å². The van der Waals surface area contributed by atoms with Crippen molar-refractivity contribution in [3.63, 3.8) is 0 Å². The summed E-state index contributed by atoms with van der Waals surface area (Å²) in [5, 5.41) is 2.97. The Morgan fingerprint density at radius 3 is 2.37 bits per heavy atom. The van der Waals surface area contributed by atoms with Gasteiger partial charge in [0.05, 0.1) is 0 Å². The summed E-state index contributed by atoms with van der Waals surface area (Å²) in [4.78, 5) is 27.2. The fraction of sp³-hybridized carbons (Fsp3) is 0.867. The fourth-order valence-corrected chi connectivity index (χ4v) is 3.21. The van der Waals surface area contributed by atoms with Crippen LogP contribution in [0.1, 0.15) is 46.5 Å². The van der Waals surface area contributed by atoms with Crippen LogP contribution in [0.15, 0.2) is 0 Å². The van der Waals surface area contributed by atoms with Gasteiger partial charge < -0.3 is 10.2 Å². The van der Waals surface area contributed by atoms with E-state index in [2.05, 4.69) is 5.32 Å². The van der Waals surface area contributed by atoms with Gasteiger partial charge in [0.2, 0.25) is 11.8 Å². The zero-order chi connectivity index (χ0) is 13.8. The highest BCUT2D eigenvalue weighted by Crippen LogP contribution is 2.46. The summed E-state index contributed by atoms with van der Waals surface area (Å²) in [6.45, 7) is 6.75. The second-order valence-electron chi connectivity index (χ2n) is 7.01. The first kappa shape index (κ1) is 12.9. The zero-order valence-corrected chi connectivity index (χ0v) is 12.1. The predicted octanol–water partition coefficient (Wildman–Crippen LogP) is 1.55. The first-order valence-corrected chi connectivity index (χ1v) is 7.57. The SMILES string of the molecule is CC(C)C1NC(=O)C(C)(C2CC2)N(CC2CC2)C1=O. The Hall–Kier alpha value is -1.06. The van der Waals surface area contributed by atoms with E-state index in [1.807, 2.05) is 25.7 Å². The molecule has 0 bridgehead atoms. The van der Waals surface area contributed by atoms with Gasteiger partial charge in [-0.1, -0.05) is 13.8 Å². The van der Waals surface area contributed by atoms with E-state index in [1.165, 1.54) is 12.8 Å². The van der Waals surface area contributed by atoms with Crippen molar-refractivity contribution >= 4 is 11.8 Å². The molecule has 0 aromatic carbocycles. The molecule has 4 nitrogen and oxygen atoms in total. The number of rotatable bonds is 4. The summed E-state index contributed by atoms with van der Waals surface area (Å²) in [6.07, 6.45) is 4.56. The number of nitrogens with zero attached hydrogens (tertiary/aromatic N) is 1. The summed E-state index contributed by atoms with van der Waals surface area (Å²) in [5.41, 5.74) is -0.592. The molecule has 19 heavy (non-hydrogen) atoms. The molecule has 3 aliphatic rings. The fourth-order valence-electron chi connectivity index (χ4n) is 3.21. The number of hydrogen-bond donors (Lipinski definition) is 1. The molecule has 2 saturated carbocycles. The monoisotopic (exact) mass is 264 g/mol. The first-order valence-electron chi connectivity index (χ1n) is 7.57. The molecular weight excluding hydrogens is 240 g/mol. The van der Waals surface area contributed by atoms with Gasteiger partial charge in [0.25, 0.3) is 0 Å². The van der Waals surface area contributed by atoms with Gasteiger partial charge in [-0.3, -0.25) is 9.59 Å². The van der Waals surface area contributed by atoms with Crippen molar-refractivity contribution in [3.8, 4) is 0 Å². The molecule has 0 radical (unpaired) electrons. The van der Waals surface area contributed by atoms with E-state index in [1.54, 1.807) is 0 Å². The van der Waals surface area contributed by atoms with Crippen molar-refractivity contribution in [2.45, 2.75) is 58.0 Å². The predicted molar refractivity (Wildman–Crippen MR) is 72.3 cm³/mol. The van der Waals surface area contributed by atoms with Gasteiger partial charge in [0.15, 0.2) is 0 Å². The van der Waals surface area contributed by atoms with E-state index in [0.717, 1.165) is 19.4 Å². The van der Waals surface area contributed by atoms with E-state index in [4.69, 9.17) is 0 Å². The van der Waals surface area contributed by atoms with Crippen molar-refractivity contribution in [2.24, 2.45) is 17.8 Å². The Labute approximate surface area is 114 Å². The van der Waals surface area contributed by atoms with Crippen LogP contribution in [-0.4, -0.2) is 34.8 Å². The number of amides is 2. The standard InChI is InChI=1S/C15H24N2O2/c1-9(2)12-13(18)17(8-10-4-5-10)15(3,11-6-7-11)14(19)16-12/h9-12H,4-8H2,1-3H3,(H,16,19). The van der Waals surface area contributed by atoms with Crippen molar-refractivity contribution in [3.05, 3.63) is 0 Å². The maximum atomic E-state index is 12.7. The molecule has 0 aromatic heterocycles. The molecule has 1 N–H and O–H groups in total. The molecule has 106 valence electrons. The molecule has 1 saturated heterocycles. The molecule has 0 spiro atoms. The summed E-state index contributed by atoms with van der Waals surface area (Å²) in [7, 11) is 0. The van der Waals surface area contributed by atoms with Gasteiger partial charge in [-0.25, -0.2) is 0 Å². The molecular formula is C15H24N2O2. The quantitative estimate of drug-likeness (QED) is 0.837. The number of carbonyl (C=O) groups excluding carboxylic acids is 2. The van der Waals surface area contributed by atoms with Crippen LogP contribution in [0.4, 0.5) is 0 Å². The van der Waals surface area contributed by atoms with Crippen molar-refractivity contribution in [2.75, 3.05) is 6.54 Å². The lowest BCUT2D eigenvalue weighted by atomic mass is 9.85. The normalized spacial score (nSPS) is 35.8. The van der Waals surface area contributed by atoms with Crippen LogP contribution in [0.3, 0.4) is 0 Å². The summed E-state index contributed by atoms with van der Waals surface area (Å²) in [6, 6.07) is -0.335. The number of nitrogens with one attached hydrogen (secondary N) is 1. The maximum absolute atomic E-state index is 12.7. The molecule has 3 rings (SSSR count). The molecule has 2 atom stereocenters. The molecule has 2 amide bonds. The highest BCUT2D eigenvalue weighted by Gasteiger charge is 2.57. The third-order valence-corrected chi connectivity index (χ3v) is 5.02. The highest BCUT2D eigenvalue weighted by atomic mass is 16.2. The van der Waals surface area contributed by atoms with E-state index in [9.17, 15) is 9.59 Å². The first-order chi connectivity index (χ1) is 8.94. The maximum Gasteiger partial charge on any atom is 0.246 e. The molecule has 3 fully saturated rings. The Morgan fingerprint density at radius 2 is 1.89 bits per heavy atom. The lowest BCUT2D eigenvalue weighted by Gasteiger charge is -2.47. The Balaban J connectivity index is 1.89. The second-order valence-corrected chi connectivity index (χ2v) is 7.01. The van der Waals surface area contributed by atoms with E-state index < -0.39 is 5.54 Å². The van der Waals surface area contributed by atoms with Gasteiger partial charge >= 0.3 is 0 Å². The number of piperazine rings is 1. The minimum atomic E-state index is -0.592. The third kappa shape index (κ3) is 2.05. The van der Waals surface area contributed by atoms with Crippen LogP contribution >= 0.6 is 0 Å². The molecule has 2 aliphatic carbocycles. The minimum Gasteiger partial charge on any atom is -0.342 e. The molecule has 1 heterocycles. The van der Waals surface area contributed by atoms with Crippen LogP contribution in [-0.2, 0) is 9.59 Å². The summed E-state index contributed by atoms with van der Waals surface area (Å²) in [5.74, 6) is 1.34. The summed E-state index contributed by atoms with van der Waals surface area (Å²) >= 11 is 0. The lowest BCUT2D eigenvalue weighted by molar-refractivity contribution is -0.159. The number of carbonyl (C=O) groups is 2. The Bertz CT molecular complexity index is 412. The van der Waals surface area contributed by atoms with Gasteiger partial charge in [-0.2, -0.15) is 0 Å². The molecule has 0 aromatic rings. The highest BCUT2D eigenvalue weighted by molar-refractivity contribution is 6.00. The molecule has 2 unspecified atom stereocenters. The summed E-state index contributed by atoms with van der Waals surface area (Å²) < 4.78 is 0. The van der Waals surface area contributed by atoms with Crippen LogP contribution in [0.2, 0.25) is 0 Å². The van der Waals surface area contributed by atoms with Gasteiger partial charge in [-0.05, 0) is 50.4 Å². The largest absolute Gasteiger partial charge is 0.342 e. The van der Waals surface area contributed by atoms with E-state index in [0.29, 0.717) is 11.8 Å².